The topological polar surface area (TPSA) is 27.5 Å². The average molecular weight is 372 g/mol. The van der Waals surface area contributed by atoms with Gasteiger partial charge in [0, 0.05) is 37.0 Å². The van der Waals surface area contributed by atoms with Crippen molar-refractivity contribution < 1.29 is 4.39 Å². The molecule has 0 amide bonds. The molecule has 7 heteroatoms. The number of rotatable bonds is 2. The minimum Gasteiger partial charge on any atom is -0.336 e. The van der Waals surface area contributed by atoms with Crippen LogP contribution < -0.4 is 4.90 Å². The van der Waals surface area contributed by atoms with Crippen LogP contribution in [0, 0.1) is 12.7 Å². The maximum absolute atomic E-state index is 13.9. The van der Waals surface area contributed by atoms with E-state index in [1.54, 1.807) is 6.92 Å². The van der Waals surface area contributed by atoms with Crippen LogP contribution in [0.4, 0.5) is 10.1 Å². The molecule has 5 nitrogen and oxygen atoms in total. The maximum atomic E-state index is 13.9. The van der Waals surface area contributed by atoms with E-state index in [2.05, 4.69) is 36.7 Å². The van der Waals surface area contributed by atoms with Gasteiger partial charge < -0.3 is 19.3 Å². The maximum Gasteiger partial charge on any atom is 0.186 e. The molecule has 3 aliphatic heterocycles. The number of imidazole rings is 1. The van der Waals surface area contributed by atoms with Gasteiger partial charge in [-0.05, 0) is 43.5 Å². The van der Waals surface area contributed by atoms with E-state index in [4.69, 9.17) is 11.6 Å². The van der Waals surface area contributed by atoms with Crippen LogP contribution in [0.3, 0.4) is 0 Å². The van der Waals surface area contributed by atoms with Gasteiger partial charge in [-0.1, -0.05) is 11.6 Å². The van der Waals surface area contributed by atoms with E-state index in [-0.39, 0.29) is 12.1 Å². The molecule has 4 heterocycles. The van der Waals surface area contributed by atoms with Gasteiger partial charge in [0.1, 0.15) is 11.6 Å². The van der Waals surface area contributed by atoms with Crippen LogP contribution in [0.1, 0.15) is 24.2 Å². The molecule has 1 saturated heterocycles. The number of hydrogen-bond donors (Lipinski definition) is 0. The SMILES string of the molecule is Cc1cc(N2C=C3CCCN3C2N2C=Cc3nccn3C2)c(Cl)cc1F. The van der Waals surface area contributed by atoms with Gasteiger partial charge in [-0.25, -0.2) is 9.37 Å². The van der Waals surface area contributed by atoms with Crippen LogP contribution in [0.5, 0.6) is 0 Å². The van der Waals surface area contributed by atoms with Gasteiger partial charge in [-0.2, -0.15) is 0 Å². The summed E-state index contributed by atoms with van der Waals surface area (Å²) in [4.78, 5) is 11.2. The molecular formula is C19H19ClFN5. The molecule has 3 aliphatic rings. The van der Waals surface area contributed by atoms with Gasteiger partial charge in [0.05, 0.1) is 17.4 Å². The molecule has 1 atom stereocenters. The number of anilines is 1. The zero-order valence-corrected chi connectivity index (χ0v) is 15.2. The molecule has 1 fully saturated rings. The van der Waals surface area contributed by atoms with Gasteiger partial charge in [-0.3, -0.25) is 0 Å². The highest BCUT2D eigenvalue weighted by atomic mass is 35.5. The van der Waals surface area contributed by atoms with Crippen molar-refractivity contribution in [3.63, 3.8) is 0 Å². The van der Waals surface area contributed by atoms with Gasteiger partial charge in [-0.15, -0.1) is 0 Å². The first-order chi connectivity index (χ1) is 12.6. The van der Waals surface area contributed by atoms with Crippen molar-refractivity contribution in [2.75, 3.05) is 11.4 Å². The summed E-state index contributed by atoms with van der Waals surface area (Å²) in [6.45, 7) is 3.49. The summed E-state index contributed by atoms with van der Waals surface area (Å²) in [5.74, 6) is 0.680. The smallest absolute Gasteiger partial charge is 0.186 e. The molecule has 1 aromatic heterocycles. The molecule has 26 heavy (non-hydrogen) atoms. The molecule has 2 aromatic rings. The van der Waals surface area contributed by atoms with Crippen molar-refractivity contribution in [3.05, 3.63) is 64.9 Å². The predicted octanol–water partition coefficient (Wildman–Crippen LogP) is 3.97. The van der Waals surface area contributed by atoms with Crippen molar-refractivity contribution in [1.29, 1.82) is 0 Å². The number of benzene rings is 1. The third-order valence-electron chi connectivity index (χ3n) is 5.30. The zero-order chi connectivity index (χ0) is 17.8. The zero-order valence-electron chi connectivity index (χ0n) is 14.4. The third kappa shape index (κ3) is 2.32. The Morgan fingerprint density at radius 3 is 3.08 bits per heavy atom. The number of aromatic nitrogens is 2. The van der Waals surface area contributed by atoms with E-state index >= 15 is 0 Å². The predicted molar refractivity (Wildman–Crippen MR) is 99.5 cm³/mol. The summed E-state index contributed by atoms with van der Waals surface area (Å²) in [6, 6.07) is 3.24. The fraction of sp³-hybridized carbons (Fsp3) is 0.316. The lowest BCUT2D eigenvalue weighted by Gasteiger charge is -2.41. The lowest BCUT2D eigenvalue weighted by atomic mass is 10.2. The Balaban J connectivity index is 1.56. The highest BCUT2D eigenvalue weighted by molar-refractivity contribution is 6.33. The summed E-state index contributed by atoms with van der Waals surface area (Å²) in [5.41, 5.74) is 2.74. The number of nitrogens with zero attached hydrogens (tertiary/aromatic N) is 5. The Kier molecular flexibility index (Phi) is 3.50. The quantitative estimate of drug-likeness (QED) is 0.798. The third-order valence-corrected chi connectivity index (χ3v) is 5.60. The number of aryl methyl sites for hydroxylation is 1. The molecule has 0 spiro atoms. The minimum absolute atomic E-state index is 0.0124. The van der Waals surface area contributed by atoms with Gasteiger partial charge in [0.15, 0.2) is 6.29 Å². The fourth-order valence-electron chi connectivity index (χ4n) is 4.00. The van der Waals surface area contributed by atoms with Gasteiger partial charge in [0.2, 0.25) is 0 Å². The van der Waals surface area contributed by atoms with Crippen molar-refractivity contribution in [2.45, 2.75) is 32.7 Å². The Hall–Kier alpha value is -2.47. The molecule has 1 aromatic carbocycles. The monoisotopic (exact) mass is 371 g/mol. The Labute approximate surface area is 156 Å². The molecule has 5 rings (SSSR count). The van der Waals surface area contributed by atoms with E-state index in [1.807, 2.05) is 24.5 Å². The van der Waals surface area contributed by atoms with E-state index in [0.717, 1.165) is 30.9 Å². The molecule has 0 bridgehead atoms. The molecular weight excluding hydrogens is 353 g/mol. The second-order valence-electron chi connectivity index (χ2n) is 6.95. The van der Waals surface area contributed by atoms with Crippen LogP contribution in [0.2, 0.25) is 5.02 Å². The molecule has 0 N–H and O–H groups in total. The summed E-state index contributed by atoms with van der Waals surface area (Å²) in [6.07, 6.45) is 12.3. The largest absolute Gasteiger partial charge is 0.336 e. The normalized spacial score (nSPS) is 21.3. The van der Waals surface area contributed by atoms with Crippen molar-refractivity contribution >= 4 is 23.4 Å². The van der Waals surface area contributed by atoms with Crippen LogP contribution >= 0.6 is 11.6 Å². The van der Waals surface area contributed by atoms with E-state index in [9.17, 15) is 4.39 Å². The Morgan fingerprint density at radius 1 is 1.31 bits per heavy atom. The molecule has 0 saturated carbocycles. The van der Waals surface area contributed by atoms with Gasteiger partial charge in [0.25, 0.3) is 0 Å². The van der Waals surface area contributed by atoms with Crippen molar-refractivity contribution in [1.82, 2.24) is 19.4 Å². The second kappa shape index (κ2) is 5.77. The summed E-state index contributed by atoms with van der Waals surface area (Å²) in [5, 5.41) is 0.431. The average Bonchev–Trinajstić information content (AvgIpc) is 3.32. The van der Waals surface area contributed by atoms with E-state index in [0.29, 0.717) is 17.3 Å². The highest BCUT2D eigenvalue weighted by Gasteiger charge is 2.40. The second-order valence-corrected chi connectivity index (χ2v) is 7.36. The first-order valence-corrected chi connectivity index (χ1v) is 9.16. The number of halogens is 2. The van der Waals surface area contributed by atoms with Crippen molar-refractivity contribution in [2.24, 2.45) is 0 Å². The summed E-state index contributed by atoms with van der Waals surface area (Å²) < 4.78 is 16.0. The van der Waals surface area contributed by atoms with Gasteiger partial charge >= 0.3 is 0 Å². The van der Waals surface area contributed by atoms with E-state index in [1.165, 1.54) is 11.8 Å². The van der Waals surface area contributed by atoms with Crippen LogP contribution in [0.15, 0.2) is 42.6 Å². The number of fused-ring (bicyclic) bond motifs is 2. The Morgan fingerprint density at radius 2 is 2.19 bits per heavy atom. The van der Waals surface area contributed by atoms with Crippen LogP contribution in [-0.4, -0.2) is 32.2 Å². The Bertz CT molecular complexity index is 934. The van der Waals surface area contributed by atoms with Crippen molar-refractivity contribution in [3.8, 4) is 0 Å². The lowest BCUT2D eigenvalue weighted by Crippen LogP contribution is -2.51. The first kappa shape index (κ1) is 15.8. The standard InChI is InChI=1S/C19H19ClFN5/c1-13-9-17(15(20)10-16(13)21)26-11-14-3-2-6-25(14)19(26)24-7-4-18-22-5-8-23(18)12-24/h4-5,7-11,19H,2-3,6,12H2,1H3. The molecule has 0 radical (unpaired) electrons. The number of allylic oxidation sites excluding steroid dienone is 1. The van der Waals surface area contributed by atoms with Crippen LogP contribution in [-0.2, 0) is 6.67 Å². The van der Waals surface area contributed by atoms with Crippen LogP contribution in [0.25, 0.3) is 6.08 Å². The fourth-order valence-corrected chi connectivity index (χ4v) is 4.25. The van der Waals surface area contributed by atoms with E-state index < -0.39 is 0 Å². The minimum atomic E-state index is -0.274. The summed E-state index contributed by atoms with van der Waals surface area (Å²) >= 11 is 6.42. The molecule has 1 unspecified atom stereocenters. The lowest BCUT2D eigenvalue weighted by molar-refractivity contribution is 0.110. The first-order valence-electron chi connectivity index (χ1n) is 8.78. The molecule has 0 aliphatic carbocycles. The number of hydrogen-bond acceptors (Lipinski definition) is 4. The summed E-state index contributed by atoms with van der Waals surface area (Å²) in [7, 11) is 0. The highest BCUT2D eigenvalue weighted by Crippen LogP contribution is 2.40. The molecule has 134 valence electrons.